The van der Waals surface area contributed by atoms with Crippen LogP contribution in [0.1, 0.15) is 6.92 Å². The summed E-state index contributed by atoms with van der Waals surface area (Å²) in [6.07, 6.45) is 1.61. The van der Waals surface area contributed by atoms with Gasteiger partial charge in [-0.25, -0.2) is 5.14 Å². The molecule has 1 aliphatic rings. The molecule has 0 aromatic carbocycles. The molecule has 0 saturated carbocycles. The average Bonchev–Trinajstić information content (AvgIpc) is 2.34. The van der Waals surface area contributed by atoms with Crippen molar-refractivity contribution in [2.75, 3.05) is 32.7 Å². The second-order valence-electron chi connectivity index (χ2n) is 4.19. The maximum Gasteiger partial charge on any atom is 0.276 e. The molecule has 1 amide bonds. The number of carbonyl (C=O) groups excluding carboxylic acids is 1. The highest BCUT2D eigenvalue weighted by Gasteiger charge is 2.28. The number of nitrogens with one attached hydrogen (secondary N) is 1. The molecule has 0 radical (unpaired) electrons. The molecular weight excluding hydrogens is 256 g/mol. The number of piperazine rings is 1. The van der Waals surface area contributed by atoms with Crippen molar-refractivity contribution in [3.05, 3.63) is 12.7 Å². The van der Waals surface area contributed by atoms with Gasteiger partial charge in [0.25, 0.3) is 10.2 Å². The summed E-state index contributed by atoms with van der Waals surface area (Å²) in [5.41, 5.74) is 0. The highest BCUT2D eigenvalue weighted by Crippen LogP contribution is 2.08. The van der Waals surface area contributed by atoms with Gasteiger partial charge < -0.3 is 5.32 Å². The van der Waals surface area contributed by atoms with Crippen molar-refractivity contribution in [3.8, 4) is 0 Å². The maximum atomic E-state index is 11.7. The zero-order chi connectivity index (χ0) is 13.8. The van der Waals surface area contributed by atoms with Crippen LogP contribution in [-0.2, 0) is 15.0 Å². The monoisotopic (exact) mass is 276 g/mol. The van der Waals surface area contributed by atoms with Crippen molar-refractivity contribution >= 4 is 16.1 Å². The van der Waals surface area contributed by atoms with Gasteiger partial charge in [-0.1, -0.05) is 6.08 Å². The number of rotatable bonds is 5. The smallest absolute Gasteiger partial charge is 0.276 e. The summed E-state index contributed by atoms with van der Waals surface area (Å²) in [6.45, 7) is 7.39. The molecule has 7 nitrogen and oxygen atoms in total. The van der Waals surface area contributed by atoms with E-state index in [1.807, 2.05) is 4.90 Å². The minimum absolute atomic E-state index is 0.0843. The second kappa shape index (κ2) is 6.28. The average molecular weight is 276 g/mol. The van der Waals surface area contributed by atoms with Crippen molar-refractivity contribution in [3.63, 3.8) is 0 Å². The maximum absolute atomic E-state index is 11.7. The number of carbonyl (C=O) groups is 1. The van der Waals surface area contributed by atoms with E-state index in [-0.39, 0.29) is 11.9 Å². The third kappa shape index (κ3) is 4.05. The lowest BCUT2D eigenvalue weighted by Crippen LogP contribution is -2.55. The van der Waals surface area contributed by atoms with E-state index in [1.165, 1.54) is 4.31 Å². The standard InChI is InChI=1S/C10H20N4O3S/c1-3-4-12-10(15)9(2)13-5-7-14(8-6-13)18(11,16)17/h3,9H,1,4-8H2,2H3,(H,12,15)(H2,11,16,17). The molecule has 1 aliphatic heterocycles. The Balaban J connectivity index is 2.47. The van der Waals surface area contributed by atoms with Gasteiger partial charge in [-0.15, -0.1) is 6.58 Å². The molecular formula is C10H20N4O3S. The van der Waals surface area contributed by atoms with Gasteiger partial charge in [-0.05, 0) is 6.92 Å². The van der Waals surface area contributed by atoms with E-state index < -0.39 is 10.2 Å². The Hall–Kier alpha value is -0.960. The van der Waals surface area contributed by atoms with Gasteiger partial charge in [0.05, 0.1) is 6.04 Å². The molecule has 3 N–H and O–H groups in total. The lowest BCUT2D eigenvalue weighted by atomic mass is 10.2. The van der Waals surface area contributed by atoms with Crippen LogP contribution in [0.15, 0.2) is 12.7 Å². The van der Waals surface area contributed by atoms with Crippen LogP contribution < -0.4 is 10.5 Å². The molecule has 1 saturated heterocycles. The second-order valence-corrected chi connectivity index (χ2v) is 5.74. The van der Waals surface area contributed by atoms with E-state index in [4.69, 9.17) is 5.14 Å². The Bertz CT molecular complexity index is 401. The van der Waals surface area contributed by atoms with Crippen LogP contribution in [0.5, 0.6) is 0 Å². The zero-order valence-corrected chi connectivity index (χ0v) is 11.3. The topological polar surface area (TPSA) is 95.7 Å². The molecule has 1 rings (SSSR count). The number of hydrogen-bond acceptors (Lipinski definition) is 4. The lowest BCUT2D eigenvalue weighted by Gasteiger charge is -2.35. The fourth-order valence-electron chi connectivity index (χ4n) is 1.83. The largest absolute Gasteiger partial charge is 0.351 e. The minimum atomic E-state index is -3.62. The summed E-state index contributed by atoms with van der Waals surface area (Å²) < 4.78 is 23.5. The van der Waals surface area contributed by atoms with Crippen molar-refractivity contribution in [1.29, 1.82) is 0 Å². The van der Waals surface area contributed by atoms with Crippen LogP contribution in [0.3, 0.4) is 0 Å². The molecule has 0 aromatic rings. The van der Waals surface area contributed by atoms with E-state index in [0.717, 1.165) is 0 Å². The summed E-state index contributed by atoms with van der Waals surface area (Å²) >= 11 is 0. The zero-order valence-electron chi connectivity index (χ0n) is 10.5. The highest BCUT2D eigenvalue weighted by molar-refractivity contribution is 7.86. The van der Waals surface area contributed by atoms with Gasteiger partial charge in [0.1, 0.15) is 0 Å². The normalized spacial score (nSPS) is 20.3. The van der Waals surface area contributed by atoms with Crippen LogP contribution in [0.4, 0.5) is 0 Å². The van der Waals surface area contributed by atoms with E-state index >= 15 is 0 Å². The molecule has 104 valence electrons. The summed E-state index contributed by atoms with van der Waals surface area (Å²) in [5.74, 6) is -0.0843. The molecule has 8 heteroatoms. The fourth-order valence-corrected chi connectivity index (χ4v) is 2.50. The molecule has 0 aliphatic carbocycles. The number of hydrogen-bond donors (Lipinski definition) is 2. The van der Waals surface area contributed by atoms with E-state index in [2.05, 4.69) is 11.9 Å². The Kier molecular flexibility index (Phi) is 5.27. The van der Waals surface area contributed by atoms with Gasteiger partial charge >= 0.3 is 0 Å². The van der Waals surface area contributed by atoms with Gasteiger partial charge in [-0.2, -0.15) is 12.7 Å². The van der Waals surface area contributed by atoms with Crippen molar-refractivity contribution in [2.24, 2.45) is 5.14 Å². The Morgan fingerprint density at radius 3 is 2.44 bits per heavy atom. The Morgan fingerprint density at radius 1 is 1.44 bits per heavy atom. The number of nitrogens with zero attached hydrogens (tertiary/aromatic N) is 2. The predicted octanol–water partition coefficient (Wildman–Crippen LogP) is -1.50. The van der Waals surface area contributed by atoms with E-state index in [0.29, 0.717) is 32.7 Å². The summed E-state index contributed by atoms with van der Waals surface area (Å²) in [4.78, 5) is 13.7. The first-order valence-electron chi connectivity index (χ1n) is 5.76. The molecule has 0 spiro atoms. The number of nitrogens with two attached hydrogens (primary N) is 1. The molecule has 1 atom stereocenters. The van der Waals surface area contributed by atoms with E-state index in [1.54, 1.807) is 13.0 Å². The third-order valence-electron chi connectivity index (χ3n) is 2.98. The van der Waals surface area contributed by atoms with Crippen molar-refractivity contribution in [2.45, 2.75) is 13.0 Å². The van der Waals surface area contributed by atoms with E-state index in [9.17, 15) is 13.2 Å². The SMILES string of the molecule is C=CCNC(=O)C(C)N1CCN(S(N)(=O)=O)CC1. The van der Waals surface area contributed by atoms with Crippen molar-refractivity contribution < 1.29 is 13.2 Å². The van der Waals surface area contributed by atoms with Crippen molar-refractivity contribution in [1.82, 2.24) is 14.5 Å². The molecule has 1 unspecified atom stereocenters. The summed E-state index contributed by atoms with van der Waals surface area (Å²) in [5, 5.41) is 7.76. The first-order chi connectivity index (χ1) is 8.36. The summed E-state index contributed by atoms with van der Waals surface area (Å²) in [7, 11) is -3.62. The lowest BCUT2D eigenvalue weighted by molar-refractivity contribution is -0.126. The molecule has 1 fully saturated rings. The highest BCUT2D eigenvalue weighted by atomic mass is 32.2. The molecule has 0 aromatic heterocycles. The van der Waals surface area contributed by atoms with Crippen LogP contribution in [0.2, 0.25) is 0 Å². The molecule has 1 heterocycles. The van der Waals surface area contributed by atoms with Gasteiger partial charge in [0.2, 0.25) is 5.91 Å². The third-order valence-corrected chi connectivity index (χ3v) is 4.07. The Morgan fingerprint density at radius 2 is 2.00 bits per heavy atom. The fraction of sp³-hybridized carbons (Fsp3) is 0.700. The van der Waals surface area contributed by atoms with Gasteiger partial charge in [0, 0.05) is 32.7 Å². The first-order valence-corrected chi connectivity index (χ1v) is 7.27. The number of amides is 1. The first kappa shape index (κ1) is 15.1. The van der Waals surface area contributed by atoms with Gasteiger partial charge in [-0.3, -0.25) is 9.69 Å². The minimum Gasteiger partial charge on any atom is -0.351 e. The van der Waals surface area contributed by atoms with Crippen LogP contribution in [-0.4, -0.2) is 62.3 Å². The van der Waals surface area contributed by atoms with Crippen LogP contribution >= 0.6 is 0 Å². The molecule has 0 bridgehead atoms. The van der Waals surface area contributed by atoms with Crippen LogP contribution in [0, 0.1) is 0 Å². The van der Waals surface area contributed by atoms with Gasteiger partial charge in [0.15, 0.2) is 0 Å². The van der Waals surface area contributed by atoms with Crippen LogP contribution in [0.25, 0.3) is 0 Å². The quantitative estimate of drug-likeness (QED) is 0.597. The predicted molar refractivity (Wildman–Crippen MR) is 68.9 cm³/mol. The molecule has 18 heavy (non-hydrogen) atoms. The summed E-state index contributed by atoms with van der Waals surface area (Å²) in [6, 6.07) is -0.285. The Labute approximate surface area is 108 Å².